The normalized spacial score (nSPS) is 12.4. The predicted molar refractivity (Wildman–Crippen MR) is 112 cm³/mol. The maximum absolute atomic E-state index is 12.8. The van der Waals surface area contributed by atoms with Crippen molar-refractivity contribution in [1.29, 1.82) is 0 Å². The van der Waals surface area contributed by atoms with E-state index in [-0.39, 0.29) is 5.91 Å². The second kappa shape index (κ2) is 8.78. The molecule has 1 aromatic heterocycles. The van der Waals surface area contributed by atoms with E-state index >= 15 is 0 Å². The highest BCUT2D eigenvalue weighted by Gasteiger charge is 2.15. The van der Waals surface area contributed by atoms with Gasteiger partial charge < -0.3 is 0 Å². The molecule has 1 heterocycles. The number of hydrazone groups is 1. The van der Waals surface area contributed by atoms with Gasteiger partial charge in [-0.05, 0) is 24.5 Å². The van der Waals surface area contributed by atoms with Crippen LogP contribution in [0.5, 0.6) is 0 Å². The molecule has 0 aliphatic carbocycles. The van der Waals surface area contributed by atoms with Crippen LogP contribution in [0.3, 0.4) is 0 Å². The second-order valence-corrected chi connectivity index (χ2v) is 6.95. The van der Waals surface area contributed by atoms with Gasteiger partial charge in [0.25, 0.3) is 5.91 Å². The Balaban J connectivity index is 2.00. The van der Waals surface area contributed by atoms with Crippen molar-refractivity contribution in [3.63, 3.8) is 0 Å². The van der Waals surface area contributed by atoms with E-state index in [4.69, 9.17) is 11.6 Å². The fourth-order valence-electron chi connectivity index (χ4n) is 2.97. The van der Waals surface area contributed by atoms with Crippen molar-refractivity contribution in [2.75, 3.05) is 0 Å². The van der Waals surface area contributed by atoms with Crippen molar-refractivity contribution >= 4 is 34.6 Å². The second-order valence-electron chi connectivity index (χ2n) is 6.54. The molecule has 0 unspecified atom stereocenters. The molecule has 2 aromatic carbocycles. The number of nitrogens with zero attached hydrogens (tertiary/aromatic N) is 2. The smallest absolute Gasteiger partial charge is 0.267 e. The molecule has 0 aliphatic rings. The van der Waals surface area contributed by atoms with Gasteiger partial charge in [-0.1, -0.05) is 74.3 Å². The zero-order chi connectivity index (χ0) is 19.2. The summed E-state index contributed by atoms with van der Waals surface area (Å²) in [5.41, 5.74) is 5.37. The molecule has 0 saturated heterocycles. The van der Waals surface area contributed by atoms with E-state index in [1.165, 1.54) is 0 Å². The first kappa shape index (κ1) is 19.1. The molecule has 0 bridgehead atoms. The summed E-state index contributed by atoms with van der Waals surface area (Å²) < 4.78 is 0. The van der Waals surface area contributed by atoms with Crippen LogP contribution in [0.25, 0.3) is 22.2 Å². The summed E-state index contributed by atoms with van der Waals surface area (Å²) in [4.78, 5) is 17.5. The summed E-state index contributed by atoms with van der Waals surface area (Å²) in [5, 5.41) is 5.34. The summed E-state index contributed by atoms with van der Waals surface area (Å²) in [6, 6.07) is 17.0. The lowest BCUT2D eigenvalue weighted by Gasteiger charge is -2.10. The van der Waals surface area contributed by atoms with Crippen LogP contribution >= 0.6 is 11.6 Å². The standard InChI is InChI=1S/C22H22ClN3O/c1-3-8-15(2)14-24-26-22(27)18-13-20(16-9-5-4-6-10-16)25-21-17(18)11-7-12-19(21)23/h4-7,9-15H,3,8H2,1-2H3,(H,26,27)/b24-14+/t15-/m0/s1. The van der Waals surface area contributed by atoms with Crippen LogP contribution in [0.15, 0.2) is 59.7 Å². The first-order valence-electron chi connectivity index (χ1n) is 9.08. The van der Waals surface area contributed by atoms with E-state index in [1.807, 2.05) is 42.5 Å². The maximum Gasteiger partial charge on any atom is 0.272 e. The molecule has 0 fully saturated rings. The number of carbonyl (C=O) groups excluding carboxylic acids is 1. The maximum atomic E-state index is 12.8. The summed E-state index contributed by atoms with van der Waals surface area (Å²) in [6.45, 7) is 4.20. The SMILES string of the molecule is CCC[C@H](C)/C=N/NC(=O)c1cc(-c2ccccc2)nc2c(Cl)cccc12. The quantitative estimate of drug-likeness (QED) is 0.440. The van der Waals surface area contributed by atoms with E-state index in [0.717, 1.165) is 18.4 Å². The Morgan fingerprint density at radius 2 is 2.00 bits per heavy atom. The van der Waals surface area contributed by atoms with E-state index in [0.29, 0.717) is 33.1 Å². The Hall–Kier alpha value is -2.72. The molecular formula is C22H22ClN3O. The minimum absolute atomic E-state index is 0.276. The summed E-state index contributed by atoms with van der Waals surface area (Å²) in [7, 11) is 0. The summed E-state index contributed by atoms with van der Waals surface area (Å²) >= 11 is 6.35. The minimum Gasteiger partial charge on any atom is -0.267 e. The number of hydrogen-bond donors (Lipinski definition) is 1. The van der Waals surface area contributed by atoms with E-state index in [9.17, 15) is 4.79 Å². The number of amides is 1. The monoisotopic (exact) mass is 379 g/mol. The molecular weight excluding hydrogens is 358 g/mol. The minimum atomic E-state index is -0.276. The lowest BCUT2D eigenvalue weighted by molar-refractivity contribution is 0.0956. The van der Waals surface area contributed by atoms with Gasteiger partial charge in [-0.25, -0.2) is 10.4 Å². The van der Waals surface area contributed by atoms with Gasteiger partial charge in [0.15, 0.2) is 0 Å². The highest BCUT2D eigenvalue weighted by molar-refractivity contribution is 6.35. The van der Waals surface area contributed by atoms with Crippen LogP contribution in [0, 0.1) is 5.92 Å². The first-order chi connectivity index (χ1) is 13.1. The molecule has 5 heteroatoms. The first-order valence-corrected chi connectivity index (χ1v) is 9.46. The molecule has 4 nitrogen and oxygen atoms in total. The van der Waals surface area contributed by atoms with Crippen molar-refractivity contribution in [2.24, 2.45) is 11.0 Å². The van der Waals surface area contributed by atoms with Crippen molar-refractivity contribution < 1.29 is 4.79 Å². The van der Waals surface area contributed by atoms with Crippen molar-refractivity contribution in [3.05, 3.63) is 65.2 Å². The van der Waals surface area contributed by atoms with Gasteiger partial charge in [-0.2, -0.15) is 5.10 Å². The molecule has 0 aliphatic heterocycles. The Morgan fingerprint density at radius 1 is 1.22 bits per heavy atom. The van der Waals surface area contributed by atoms with Gasteiger partial charge in [-0.15, -0.1) is 0 Å². The molecule has 138 valence electrons. The summed E-state index contributed by atoms with van der Waals surface area (Å²) in [5.74, 6) is 0.0422. The largest absolute Gasteiger partial charge is 0.272 e. The highest BCUT2D eigenvalue weighted by atomic mass is 35.5. The molecule has 0 radical (unpaired) electrons. The van der Waals surface area contributed by atoms with Gasteiger partial charge in [0.1, 0.15) is 0 Å². The fourth-order valence-corrected chi connectivity index (χ4v) is 3.19. The lowest BCUT2D eigenvalue weighted by atomic mass is 10.0. The van der Waals surface area contributed by atoms with E-state index in [1.54, 1.807) is 18.3 Å². The third-order valence-corrected chi connectivity index (χ3v) is 4.65. The fraction of sp³-hybridized carbons (Fsp3) is 0.227. The van der Waals surface area contributed by atoms with Gasteiger partial charge in [0.2, 0.25) is 0 Å². The number of para-hydroxylation sites is 1. The number of rotatable bonds is 6. The topological polar surface area (TPSA) is 54.4 Å². The zero-order valence-electron chi connectivity index (χ0n) is 15.4. The number of benzene rings is 2. The molecule has 1 atom stereocenters. The van der Waals surface area contributed by atoms with Gasteiger partial charge in [0, 0.05) is 17.2 Å². The predicted octanol–water partition coefficient (Wildman–Crippen LogP) is 5.71. The molecule has 3 aromatic rings. The molecule has 0 saturated carbocycles. The summed E-state index contributed by atoms with van der Waals surface area (Å²) in [6.07, 6.45) is 3.89. The molecule has 1 amide bonds. The third kappa shape index (κ3) is 4.52. The number of nitrogens with one attached hydrogen (secondary N) is 1. The van der Waals surface area contributed by atoms with E-state index < -0.39 is 0 Å². The Labute approximate surface area is 164 Å². The van der Waals surface area contributed by atoms with Gasteiger partial charge in [-0.3, -0.25) is 4.79 Å². The number of carbonyl (C=O) groups is 1. The van der Waals surface area contributed by atoms with Crippen LogP contribution in [0.2, 0.25) is 5.02 Å². The molecule has 3 rings (SSSR count). The van der Waals surface area contributed by atoms with Crippen LogP contribution in [0.4, 0.5) is 0 Å². The van der Waals surface area contributed by atoms with E-state index in [2.05, 4.69) is 29.4 Å². The third-order valence-electron chi connectivity index (χ3n) is 4.34. The van der Waals surface area contributed by atoms with Crippen LogP contribution in [-0.2, 0) is 0 Å². The Morgan fingerprint density at radius 3 is 2.74 bits per heavy atom. The molecule has 1 N–H and O–H groups in total. The number of halogens is 1. The average molecular weight is 380 g/mol. The highest BCUT2D eigenvalue weighted by Crippen LogP contribution is 2.29. The Bertz CT molecular complexity index is 970. The van der Waals surface area contributed by atoms with Crippen molar-refractivity contribution in [3.8, 4) is 11.3 Å². The van der Waals surface area contributed by atoms with Crippen LogP contribution < -0.4 is 5.43 Å². The number of pyridine rings is 1. The Kier molecular flexibility index (Phi) is 6.20. The van der Waals surface area contributed by atoms with Gasteiger partial charge >= 0.3 is 0 Å². The van der Waals surface area contributed by atoms with Crippen molar-refractivity contribution in [2.45, 2.75) is 26.7 Å². The average Bonchev–Trinajstić information content (AvgIpc) is 2.68. The number of hydrogen-bond acceptors (Lipinski definition) is 3. The number of fused-ring (bicyclic) bond motifs is 1. The zero-order valence-corrected chi connectivity index (χ0v) is 16.2. The van der Waals surface area contributed by atoms with Crippen LogP contribution in [-0.4, -0.2) is 17.1 Å². The van der Waals surface area contributed by atoms with Gasteiger partial charge in [0.05, 0.1) is 21.8 Å². The van der Waals surface area contributed by atoms with Crippen molar-refractivity contribution in [1.82, 2.24) is 10.4 Å². The van der Waals surface area contributed by atoms with Crippen LogP contribution in [0.1, 0.15) is 37.0 Å². The molecule has 27 heavy (non-hydrogen) atoms. The molecule has 0 spiro atoms. The number of aromatic nitrogens is 1. The lowest BCUT2D eigenvalue weighted by Crippen LogP contribution is -2.19.